The maximum absolute atomic E-state index is 3.82. The van der Waals surface area contributed by atoms with Gasteiger partial charge in [-0.1, -0.05) is 67.2 Å². The van der Waals surface area contributed by atoms with Crippen molar-refractivity contribution in [1.29, 1.82) is 0 Å². The maximum atomic E-state index is 3.82. The monoisotopic (exact) mass is 296 g/mol. The van der Waals surface area contributed by atoms with Crippen molar-refractivity contribution in [3.05, 3.63) is 0 Å². The molecule has 2 nitrogen and oxygen atoms in total. The van der Waals surface area contributed by atoms with Crippen LogP contribution in [0.5, 0.6) is 0 Å². The molecule has 0 amide bonds. The molecule has 3 atom stereocenters. The van der Waals surface area contributed by atoms with Gasteiger partial charge in [0.2, 0.25) is 0 Å². The molecule has 1 heterocycles. The number of hydrogen-bond acceptors (Lipinski definition) is 2. The van der Waals surface area contributed by atoms with Gasteiger partial charge in [0, 0.05) is 31.7 Å². The van der Waals surface area contributed by atoms with Gasteiger partial charge in [-0.15, -0.1) is 0 Å². The van der Waals surface area contributed by atoms with Crippen LogP contribution in [-0.4, -0.2) is 36.6 Å². The number of rotatable bonds is 8. The van der Waals surface area contributed by atoms with Crippen LogP contribution in [-0.2, 0) is 0 Å². The van der Waals surface area contributed by atoms with Crippen molar-refractivity contribution in [3.63, 3.8) is 0 Å². The van der Waals surface area contributed by atoms with Crippen LogP contribution < -0.4 is 5.32 Å². The van der Waals surface area contributed by atoms with Gasteiger partial charge in [0.05, 0.1) is 0 Å². The predicted molar refractivity (Wildman–Crippen MR) is 94.8 cm³/mol. The minimum absolute atomic E-state index is 0.362. The van der Waals surface area contributed by atoms with Gasteiger partial charge in [0.1, 0.15) is 0 Å². The first-order valence-electron chi connectivity index (χ1n) is 9.39. The van der Waals surface area contributed by atoms with Crippen LogP contribution in [0.15, 0.2) is 0 Å². The summed E-state index contributed by atoms with van der Waals surface area (Å²) in [4.78, 5) is 2.82. The fourth-order valence-electron chi connectivity index (χ4n) is 3.53. The zero-order valence-corrected chi connectivity index (χ0v) is 15.5. The highest BCUT2D eigenvalue weighted by Gasteiger charge is 2.34. The Bertz CT molecular complexity index is 269. The summed E-state index contributed by atoms with van der Waals surface area (Å²) < 4.78 is 0. The van der Waals surface area contributed by atoms with Crippen molar-refractivity contribution in [1.82, 2.24) is 10.2 Å². The molecule has 3 unspecified atom stereocenters. The molecule has 1 aliphatic rings. The highest BCUT2D eigenvalue weighted by atomic mass is 15.2. The van der Waals surface area contributed by atoms with Gasteiger partial charge in [0.25, 0.3) is 0 Å². The fourth-order valence-corrected chi connectivity index (χ4v) is 3.53. The third-order valence-corrected chi connectivity index (χ3v) is 5.24. The molecule has 1 aliphatic heterocycles. The van der Waals surface area contributed by atoms with E-state index >= 15 is 0 Å². The summed E-state index contributed by atoms with van der Waals surface area (Å²) in [5, 5.41) is 3.82. The van der Waals surface area contributed by atoms with E-state index in [0.29, 0.717) is 11.5 Å². The Morgan fingerprint density at radius 3 is 2.38 bits per heavy atom. The Kier molecular flexibility index (Phi) is 8.26. The highest BCUT2D eigenvalue weighted by Crippen LogP contribution is 2.26. The summed E-state index contributed by atoms with van der Waals surface area (Å²) in [6, 6.07) is 1.39. The van der Waals surface area contributed by atoms with Gasteiger partial charge in [-0.3, -0.25) is 4.90 Å². The van der Waals surface area contributed by atoms with Gasteiger partial charge in [-0.05, 0) is 24.2 Å². The molecule has 0 bridgehead atoms. The average molecular weight is 297 g/mol. The van der Waals surface area contributed by atoms with Gasteiger partial charge in [0.15, 0.2) is 0 Å². The SMILES string of the molecule is CCCCC(CC)CN1CC(C(C)(C)C)NCC1CCC. The van der Waals surface area contributed by atoms with Gasteiger partial charge < -0.3 is 5.32 Å². The van der Waals surface area contributed by atoms with Gasteiger partial charge >= 0.3 is 0 Å². The number of nitrogens with one attached hydrogen (secondary N) is 1. The number of hydrogen-bond donors (Lipinski definition) is 1. The molecule has 1 fully saturated rings. The second kappa shape index (κ2) is 9.15. The first kappa shape index (κ1) is 19.0. The Morgan fingerprint density at radius 1 is 1.14 bits per heavy atom. The topological polar surface area (TPSA) is 15.3 Å². The molecule has 0 aromatic heterocycles. The van der Waals surface area contributed by atoms with Crippen LogP contribution in [0.3, 0.4) is 0 Å². The van der Waals surface area contributed by atoms with Crippen molar-refractivity contribution in [2.75, 3.05) is 19.6 Å². The molecular weight excluding hydrogens is 256 g/mol. The Hall–Kier alpha value is -0.0800. The molecular formula is C19H40N2. The quantitative estimate of drug-likeness (QED) is 0.699. The van der Waals surface area contributed by atoms with Crippen LogP contribution in [0, 0.1) is 11.3 Å². The summed E-state index contributed by atoms with van der Waals surface area (Å²) >= 11 is 0. The normalized spacial score (nSPS) is 26.0. The summed E-state index contributed by atoms with van der Waals surface area (Å²) in [5.74, 6) is 0.892. The lowest BCUT2D eigenvalue weighted by Crippen LogP contribution is -2.60. The van der Waals surface area contributed by atoms with Crippen molar-refractivity contribution in [2.24, 2.45) is 11.3 Å². The van der Waals surface area contributed by atoms with Crippen LogP contribution in [0.1, 0.15) is 80.1 Å². The van der Waals surface area contributed by atoms with Crippen molar-refractivity contribution < 1.29 is 0 Å². The standard InChI is InChI=1S/C19H40N2/c1-7-10-12-16(9-3)14-21-15-18(19(4,5)6)20-13-17(21)11-8-2/h16-18,20H,7-15H2,1-6H3. The number of nitrogens with zero attached hydrogens (tertiary/aromatic N) is 1. The molecule has 1 saturated heterocycles. The van der Waals surface area contributed by atoms with Crippen molar-refractivity contribution >= 4 is 0 Å². The molecule has 1 rings (SSSR count). The smallest absolute Gasteiger partial charge is 0.0244 e. The Morgan fingerprint density at radius 2 is 1.86 bits per heavy atom. The minimum Gasteiger partial charge on any atom is -0.311 e. The second-order valence-electron chi connectivity index (χ2n) is 8.14. The molecule has 0 radical (unpaired) electrons. The first-order valence-corrected chi connectivity index (χ1v) is 9.39. The number of piperazine rings is 1. The van der Waals surface area contributed by atoms with E-state index in [4.69, 9.17) is 0 Å². The molecule has 0 saturated carbocycles. The molecule has 0 aromatic carbocycles. The van der Waals surface area contributed by atoms with E-state index < -0.39 is 0 Å². The van der Waals surface area contributed by atoms with Crippen LogP contribution in [0.25, 0.3) is 0 Å². The third-order valence-electron chi connectivity index (χ3n) is 5.24. The molecule has 0 aliphatic carbocycles. The van der Waals surface area contributed by atoms with E-state index in [1.165, 1.54) is 58.2 Å². The first-order chi connectivity index (χ1) is 9.92. The average Bonchev–Trinajstić information content (AvgIpc) is 2.44. The molecule has 0 aromatic rings. The lowest BCUT2D eigenvalue weighted by atomic mass is 9.84. The number of unbranched alkanes of at least 4 members (excludes halogenated alkanes) is 1. The van der Waals surface area contributed by atoms with E-state index in [1.807, 2.05) is 0 Å². The second-order valence-corrected chi connectivity index (χ2v) is 8.14. The molecule has 0 spiro atoms. The zero-order chi connectivity index (χ0) is 15.9. The van der Waals surface area contributed by atoms with Crippen LogP contribution in [0.4, 0.5) is 0 Å². The lowest BCUT2D eigenvalue weighted by Gasteiger charge is -2.46. The molecule has 126 valence electrons. The molecule has 21 heavy (non-hydrogen) atoms. The minimum atomic E-state index is 0.362. The van der Waals surface area contributed by atoms with E-state index in [0.717, 1.165) is 12.0 Å². The largest absolute Gasteiger partial charge is 0.311 e. The van der Waals surface area contributed by atoms with Gasteiger partial charge in [-0.2, -0.15) is 0 Å². The van der Waals surface area contributed by atoms with Crippen molar-refractivity contribution in [3.8, 4) is 0 Å². The van der Waals surface area contributed by atoms with E-state index in [9.17, 15) is 0 Å². The van der Waals surface area contributed by atoms with E-state index in [2.05, 4.69) is 51.8 Å². The van der Waals surface area contributed by atoms with Crippen molar-refractivity contribution in [2.45, 2.75) is 92.2 Å². The summed E-state index contributed by atoms with van der Waals surface area (Å²) in [5.41, 5.74) is 0.362. The van der Waals surface area contributed by atoms with Crippen LogP contribution in [0.2, 0.25) is 0 Å². The Balaban J connectivity index is 2.65. The summed E-state index contributed by atoms with van der Waals surface area (Å²) in [7, 11) is 0. The molecule has 2 heteroatoms. The Labute approximate surface area is 134 Å². The van der Waals surface area contributed by atoms with Gasteiger partial charge in [-0.25, -0.2) is 0 Å². The highest BCUT2D eigenvalue weighted by molar-refractivity contribution is 4.92. The fraction of sp³-hybridized carbons (Fsp3) is 1.00. The van der Waals surface area contributed by atoms with E-state index in [-0.39, 0.29) is 0 Å². The molecule has 1 N–H and O–H groups in total. The third kappa shape index (κ3) is 6.28. The summed E-state index contributed by atoms with van der Waals surface area (Å²) in [6.07, 6.45) is 8.12. The summed E-state index contributed by atoms with van der Waals surface area (Å²) in [6.45, 7) is 17.9. The zero-order valence-electron chi connectivity index (χ0n) is 15.5. The lowest BCUT2D eigenvalue weighted by molar-refractivity contribution is 0.0651. The van der Waals surface area contributed by atoms with Crippen LogP contribution >= 0.6 is 0 Å². The predicted octanol–water partition coefficient (Wildman–Crippen LogP) is 4.69. The maximum Gasteiger partial charge on any atom is 0.0244 e. The van der Waals surface area contributed by atoms with E-state index in [1.54, 1.807) is 0 Å².